The molecule has 0 bridgehead atoms. The molecule has 1 atom stereocenters. The van der Waals surface area contributed by atoms with Crippen LogP contribution in [-0.4, -0.2) is 25.7 Å². The molecule has 0 radical (unpaired) electrons. The highest BCUT2D eigenvalue weighted by Crippen LogP contribution is 2.30. The molecule has 1 aromatic carbocycles. The first-order valence-electron chi connectivity index (χ1n) is 6.92. The summed E-state index contributed by atoms with van der Waals surface area (Å²) in [4.78, 5) is 12.5. The van der Waals surface area contributed by atoms with Gasteiger partial charge in [-0.2, -0.15) is 0 Å². The zero-order valence-corrected chi connectivity index (χ0v) is 13.7. The molecule has 1 fully saturated rings. The van der Waals surface area contributed by atoms with Crippen molar-refractivity contribution < 1.29 is 9.53 Å². The van der Waals surface area contributed by atoms with Gasteiger partial charge in [0.2, 0.25) is 5.91 Å². The second-order valence-electron chi connectivity index (χ2n) is 5.35. The molecule has 0 aromatic heterocycles. The Hall–Kier alpha value is -0.810. The number of amides is 1. The van der Waals surface area contributed by atoms with Crippen LogP contribution in [0.25, 0.3) is 0 Å². The fraction of sp³-hybridized carbons (Fsp3) is 0.533. The van der Waals surface area contributed by atoms with Gasteiger partial charge < -0.3 is 15.8 Å². The van der Waals surface area contributed by atoms with Crippen molar-refractivity contribution in [2.45, 2.75) is 25.8 Å². The van der Waals surface area contributed by atoms with Crippen molar-refractivity contribution in [2.75, 3.05) is 19.8 Å². The molecular weight excluding hydrogens is 311 g/mol. The number of carbonyl (C=O) groups is 1. The molecule has 1 saturated heterocycles. The Balaban J connectivity index is 0.00000220. The van der Waals surface area contributed by atoms with Crippen LogP contribution in [0.1, 0.15) is 31.4 Å². The number of nitrogens with two attached hydrogens (primary N) is 1. The number of hydrogen-bond acceptors (Lipinski definition) is 3. The van der Waals surface area contributed by atoms with E-state index in [1.165, 1.54) is 0 Å². The molecule has 1 aliphatic rings. The Morgan fingerprint density at radius 3 is 2.71 bits per heavy atom. The molecule has 0 unspecified atom stereocenters. The van der Waals surface area contributed by atoms with Crippen LogP contribution in [0.2, 0.25) is 5.02 Å². The lowest BCUT2D eigenvalue weighted by atomic mass is 9.79. The number of nitrogens with one attached hydrogen (secondary N) is 1. The molecule has 0 saturated carbocycles. The molecule has 1 aliphatic heterocycles. The van der Waals surface area contributed by atoms with E-state index < -0.39 is 5.41 Å². The van der Waals surface area contributed by atoms with E-state index in [1.807, 2.05) is 31.2 Å². The number of benzene rings is 1. The SMILES string of the molecule is C[C@@H](NC(=O)C1(CN)CCOCC1)c1cccc(Cl)c1.Cl. The minimum Gasteiger partial charge on any atom is -0.381 e. The second-order valence-corrected chi connectivity index (χ2v) is 5.78. The van der Waals surface area contributed by atoms with Crippen molar-refractivity contribution in [3.05, 3.63) is 34.9 Å². The quantitative estimate of drug-likeness (QED) is 0.890. The van der Waals surface area contributed by atoms with Gasteiger partial charge in [-0.05, 0) is 37.5 Å². The number of rotatable bonds is 4. The molecule has 1 amide bonds. The first-order chi connectivity index (χ1) is 9.57. The van der Waals surface area contributed by atoms with Crippen molar-refractivity contribution in [2.24, 2.45) is 11.1 Å². The molecule has 1 aromatic rings. The van der Waals surface area contributed by atoms with Gasteiger partial charge in [-0.25, -0.2) is 0 Å². The number of halogens is 2. The standard InChI is InChI=1S/C15H21ClN2O2.ClH/c1-11(12-3-2-4-13(16)9-12)18-14(19)15(10-17)5-7-20-8-6-15;/h2-4,9,11H,5-8,10,17H2,1H3,(H,18,19);1H/t11-;/m1./s1. The smallest absolute Gasteiger partial charge is 0.228 e. The minimum atomic E-state index is -0.495. The van der Waals surface area contributed by atoms with Gasteiger partial charge in [0.05, 0.1) is 11.5 Å². The largest absolute Gasteiger partial charge is 0.381 e. The average molecular weight is 333 g/mol. The number of ether oxygens (including phenoxy) is 1. The average Bonchev–Trinajstić information content (AvgIpc) is 2.47. The van der Waals surface area contributed by atoms with Crippen LogP contribution in [0.5, 0.6) is 0 Å². The van der Waals surface area contributed by atoms with Crippen molar-refractivity contribution >= 4 is 29.9 Å². The molecule has 6 heteroatoms. The Bertz CT molecular complexity index is 476. The molecule has 2 rings (SSSR count). The summed E-state index contributed by atoms with van der Waals surface area (Å²) < 4.78 is 5.33. The highest BCUT2D eigenvalue weighted by Gasteiger charge is 2.39. The van der Waals surface area contributed by atoms with Gasteiger partial charge in [0.25, 0.3) is 0 Å². The van der Waals surface area contributed by atoms with Gasteiger partial charge in [0.1, 0.15) is 0 Å². The number of hydrogen-bond donors (Lipinski definition) is 2. The Kier molecular flexibility index (Phi) is 6.94. The molecule has 118 valence electrons. The summed E-state index contributed by atoms with van der Waals surface area (Å²) >= 11 is 5.98. The maximum Gasteiger partial charge on any atom is 0.228 e. The Morgan fingerprint density at radius 2 is 2.14 bits per heavy atom. The van der Waals surface area contributed by atoms with Gasteiger partial charge in [-0.3, -0.25) is 4.79 Å². The highest BCUT2D eigenvalue weighted by atomic mass is 35.5. The number of carbonyl (C=O) groups excluding carboxylic acids is 1. The third-order valence-electron chi connectivity index (χ3n) is 4.02. The summed E-state index contributed by atoms with van der Waals surface area (Å²) in [5.41, 5.74) is 6.34. The van der Waals surface area contributed by atoms with Gasteiger partial charge in [-0.1, -0.05) is 23.7 Å². The van der Waals surface area contributed by atoms with Gasteiger partial charge in [0, 0.05) is 24.8 Å². The zero-order chi connectivity index (χ0) is 14.6. The lowest BCUT2D eigenvalue weighted by Gasteiger charge is -2.35. The molecule has 0 spiro atoms. The molecule has 21 heavy (non-hydrogen) atoms. The summed E-state index contributed by atoms with van der Waals surface area (Å²) in [5, 5.41) is 3.72. The van der Waals surface area contributed by atoms with Crippen molar-refractivity contribution in [1.29, 1.82) is 0 Å². The fourth-order valence-corrected chi connectivity index (χ4v) is 2.69. The molecule has 4 nitrogen and oxygen atoms in total. The van der Waals surface area contributed by atoms with E-state index in [2.05, 4.69) is 5.32 Å². The van der Waals surface area contributed by atoms with E-state index in [4.69, 9.17) is 22.1 Å². The predicted octanol–water partition coefficient (Wildman–Crippen LogP) is 2.69. The first kappa shape index (κ1) is 18.2. The second kappa shape index (κ2) is 7.99. The van der Waals surface area contributed by atoms with Crippen LogP contribution in [0.3, 0.4) is 0 Å². The van der Waals surface area contributed by atoms with E-state index in [-0.39, 0.29) is 24.4 Å². The highest BCUT2D eigenvalue weighted by molar-refractivity contribution is 6.30. The third-order valence-corrected chi connectivity index (χ3v) is 4.25. The van der Waals surface area contributed by atoms with Crippen LogP contribution >= 0.6 is 24.0 Å². The first-order valence-corrected chi connectivity index (χ1v) is 7.29. The zero-order valence-electron chi connectivity index (χ0n) is 12.1. The summed E-state index contributed by atoms with van der Waals surface area (Å²) in [6, 6.07) is 7.43. The molecule has 1 heterocycles. The lowest BCUT2D eigenvalue weighted by Crippen LogP contribution is -2.49. The minimum absolute atomic E-state index is 0. The Morgan fingerprint density at radius 1 is 1.48 bits per heavy atom. The van der Waals surface area contributed by atoms with Gasteiger partial charge >= 0.3 is 0 Å². The fourth-order valence-electron chi connectivity index (χ4n) is 2.50. The normalized spacial score (nSPS) is 18.4. The van der Waals surface area contributed by atoms with E-state index in [0.717, 1.165) is 5.56 Å². The third kappa shape index (κ3) is 4.33. The topological polar surface area (TPSA) is 64.4 Å². The van der Waals surface area contributed by atoms with Gasteiger partial charge in [-0.15, -0.1) is 12.4 Å². The summed E-state index contributed by atoms with van der Waals surface area (Å²) in [5.74, 6) is 0.00998. The van der Waals surface area contributed by atoms with E-state index in [1.54, 1.807) is 0 Å². The monoisotopic (exact) mass is 332 g/mol. The molecule has 0 aliphatic carbocycles. The van der Waals surface area contributed by atoms with Crippen molar-refractivity contribution in [1.82, 2.24) is 5.32 Å². The predicted molar refractivity (Wildman–Crippen MR) is 86.8 cm³/mol. The maximum absolute atomic E-state index is 12.5. The van der Waals surface area contributed by atoms with Crippen LogP contribution in [0, 0.1) is 5.41 Å². The van der Waals surface area contributed by atoms with E-state index in [0.29, 0.717) is 37.6 Å². The summed E-state index contributed by atoms with van der Waals surface area (Å²) in [7, 11) is 0. The van der Waals surface area contributed by atoms with Crippen LogP contribution in [0.15, 0.2) is 24.3 Å². The van der Waals surface area contributed by atoms with Gasteiger partial charge in [0.15, 0.2) is 0 Å². The lowest BCUT2D eigenvalue weighted by molar-refractivity contribution is -0.136. The summed E-state index contributed by atoms with van der Waals surface area (Å²) in [6.45, 7) is 3.49. The Labute approximate surface area is 136 Å². The maximum atomic E-state index is 12.5. The van der Waals surface area contributed by atoms with E-state index in [9.17, 15) is 4.79 Å². The van der Waals surface area contributed by atoms with Crippen LogP contribution < -0.4 is 11.1 Å². The van der Waals surface area contributed by atoms with Crippen molar-refractivity contribution in [3.8, 4) is 0 Å². The molecular formula is C15H22Cl2N2O2. The van der Waals surface area contributed by atoms with Crippen LogP contribution in [0.4, 0.5) is 0 Å². The summed E-state index contributed by atoms with van der Waals surface area (Å²) in [6.07, 6.45) is 1.36. The van der Waals surface area contributed by atoms with E-state index >= 15 is 0 Å². The van der Waals surface area contributed by atoms with Crippen LogP contribution in [-0.2, 0) is 9.53 Å². The molecule has 3 N–H and O–H groups in total. The van der Waals surface area contributed by atoms with Crippen molar-refractivity contribution in [3.63, 3.8) is 0 Å².